The van der Waals surface area contributed by atoms with Gasteiger partial charge < -0.3 is 5.32 Å². The summed E-state index contributed by atoms with van der Waals surface area (Å²) in [5.41, 5.74) is 2.60. The van der Waals surface area contributed by atoms with E-state index in [0.717, 1.165) is 0 Å². The summed E-state index contributed by atoms with van der Waals surface area (Å²) >= 11 is 1.78. The highest BCUT2D eigenvalue weighted by Crippen LogP contribution is 2.30. The number of aryl methyl sites for hydroxylation is 1. The molecule has 2 heteroatoms. The minimum atomic E-state index is 1.21. The fraction of sp³-hybridized carbons (Fsp3) is 0.167. The Hall–Kier alpha value is -1.28. The van der Waals surface area contributed by atoms with Crippen molar-refractivity contribution in [1.82, 2.24) is 0 Å². The summed E-state index contributed by atoms with van der Waals surface area (Å²) in [6, 6.07) is 12.9. The molecule has 1 aromatic heterocycles. The summed E-state index contributed by atoms with van der Waals surface area (Å²) in [6.07, 6.45) is 0. The first-order chi connectivity index (χ1) is 6.79. The highest BCUT2D eigenvalue weighted by molar-refractivity contribution is 7.19. The first-order valence-corrected chi connectivity index (χ1v) is 5.46. The van der Waals surface area contributed by atoms with Crippen molar-refractivity contribution in [2.75, 3.05) is 12.4 Å². The lowest BCUT2D eigenvalue weighted by molar-refractivity contribution is 1.48. The Bertz CT molecular complexity index is 414. The normalized spacial score (nSPS) is 10.1. The fourth-order valence-electron chi connectivity index (χ4n) is 1.35. The zero-order valence-electron chi connectivity index (χ0n) is 8.37. The van der Waals surface area contributed by atoms with Crippen molar-refractivity contribution in [2.24, 2.45) is 0 Å². The van der Waals surface area contributed by atoms with Gasteiger partial charge in [0.15, 0.2) is 0 Å². The van der Waals surface area contributed by atoms with Crippen LogP contribution in [0.25, 0.3) is 10.4 Å². The van der Waals surface area contributed by atoms with E-state index in [9.17, 15) is 0 Å². The monoisotopic (exact) mass is 203 g/mol. The maximum absolute atomic E-state index is 3.15. The van der Waals surface area contributed by atoms with E-state index < -0.39 is 0 Å². The molecule has 0 radical (unpaired) electrons. The van der Waals surface area contributed by atoms with Gasteiger partial charge in [0.2, 0.25) is 0 Å². The van der Waals surface area contributed by atoms with Crippen LogP contribution in [-0.2, 0) is 0 Å². The lowest BCUT2D eigenvalue weighted by atomic mass is 10.1. The van der Waals surface area contributed by atoms with Crippen LogP contribution >= 0.6 is 11.3 Å². The second-order valence-corrected chi connectivity index (χ2v) is 4.36. The van der Waals surface area contributed by atoms with Crippen molar-refractivity contribution < 1.29 is 0 Å². The van der Waals surface area contributed by atoms with Crippen molar-refractivity contribution in [1.29, 1.82) is 0 Å². The number of thiophene rings is 1. The molecule has 1 nitrogen and oxygen atoms in total. The average molecular weight is 203 g/mol. The van der Waals surface area contributed by atoms with Gasteiger partial charge in [-0.25, -0.2) is 0 Å². The Morgan fingerprint density at radius 2 is 1.71 bits per heavy atom. The van der Waals surface area contributed by atoms with Gasteiger partial charge in [-0.2, -0.15) is 0 Å². The molecule has 14 heavy (non-hydrogen) atoms. The predicted molar refractivity (Wildman–Crippen MR) is 64.0 cm³/mol. The molecule has 0 spiro atoms. The van der Waals surface area contributed by atoms with E-state index in [1.165, 1.54) is 21.0 Å². The molecular weight excluding hydrogens is 190 g/mol. The molecule has 0 aliphatic carbocycles. The standard InChI is InChI=1S/C12H13NS/c1-9-3-5-10(6-4-9)11-7-8-12(13-2)14-11/h3-8,13H,1-2H3. The Kier molecular flexibility index (Phi) is 2.55. The number of nitrogens with one attached hydrogen (secondary N) is 1. The van der Waals surface area contributed by atoms with E-state index in [0.29, 0.717) is 0 Å². The number of hydrogen-bond donors (Lipinski definition) is 1. The number of hydrogen-bond acceptors (Lipinski definition) is 2. The van der Waals surface area contributed by atoms with Gasteiger partial charge in [0, 0.05) is 11.9 Å². The topological polar surface area (TPSA) is 12.0 Å². The summed E-state index contributed by atoms with van der Waals surface area (Å²) in [6.45, 7) is 2.11. The molecule has 0 unspecified atom stereocenters. The molecular formula is C12H13NS. The second kappa shape index (κ2) is 3.84. The Morgan fingerprint density at radius 1 is 1.00 bits per heavy atom. The van der Waals surface area contributed by atoms with Gasteiger partial charge in [0.25, 0.3) is 0 Å². The highest BCUT2D eigenvalue weighted by atomic mass is 32.1. The van der Waals surface area contributed by atoms with Gasteiger partial charge in [-0.15, -0.1) is 11.3 Å². The van der Waals surface area contributed by atoms with Crippen molar-refractivity contribution in [3.8, 4) is 10.4 Å². The van der Waals surface area contributed by atoms with E-state index in [-0.39, 0.29) is 0 Å². The first-order valence-electron chi connectivity index (χ1n) is 4.64. The summed E-state index contributed by atoms with van der Waals surface area (Å²) in [4.78, 5) is 1.31. The molecule has 1 aromatic carbocycles. The van der Waals surface area contributed by atoms with Crippen molar-refractivity contribution in [2.45, 2.75) is 6.92 Å². The average Bonchev–Trinajstić information content (AvgIpc) is 2.67. The van der Waals surface area contributed by atoms with E-state index in [1.54, 1.807) is 11.3 Å². The van der Waals surface area contributed by atoms with Crippen molar-refractivity contribution in [3.05, 3.63) is 42.0 Å². The summed E-state index contributed by atoms with van der Waals surface area (Å²) in [5.74, 6) is 0. The van der Waals surface area contributed by atoms with Crippen LogP contribution < -0.4 is 5.32 Å². The van der Waals surface area contributed by atoms with Crippen LogP contribution in [0.15, 0.2) is 36.4 Å². The molecule has 0 aliphatic rings. The van der Waals surface area contributed by atoms with Crippen molar-refractivity contribution >= 4 is 16.3 Å². The predicted octanol–water partition coefficient (Wildman–Crippen LogP) is 3.77. The van der Waals surface area contributed by atoms with Gasteiger partial charge >= 0.3 is 0 Å². The maximum atomic E-state index is 3.15. The van der Waals surface area contributed by atoms with Crippen LogP contribution in [-0.4, -0.2) is 7.05 Å². The van der Waals surface area contributed by atoms with Gasteiger partial charge in [-0.1, -0.05) is 29.8 Å². The Labute approximate surface area is 88.4 Å². The Morgan fingerprint density at radius 3 is 2.29 bits per heavy atom. The molecule has 0 saturated heterocycles. The molecule has 0 bridgehead atoms. The van der Waals surface area contributed by atoms with Crippen LogP contribution in [0.4, 0.5) is 5.00 Å². The smallest absolute Gasteiger partial charge is 0.0886 e. The minimum absolute atomic E-state index is 1.21. The van der Waals surface area contributed by atoms with E-state index in [4.69, 9.17) is 0 Å². The molecule has 0 fully saturated rings. The maximum Gasteiger partial charge on any atom is 0.0886 e. The van der Waals surface area contributed by atoms with Gasteiger partial charge in [0.1, 0.15) is 0 Å². The van der Waals surface area contributed by atoms with E-state index in [2.05, 4.69) is 48.6 Å². The fourth-order valence-corrected chi connectivity index (χ4v) is 2.21. The lowest BCUT2D eigenvalue weighted by Gasteiger charge is -1.97. The molecule has 0 amide bonds. The molecule has 72 valence electrons. The number of rotatable bonds is 2. The number of benzene rings is 1. The van der Waals surface area contributed by atoms with Crippen LogP contribution in [0, 0.1) is 6.92 Å². The molecule has 2 rings (SSSR count). The summed E-state index contributed by atoms with van der Waals surface area (Å²) in [5, 5.41) is 4.36. The molecule has 0 saturated carbocycles. The van der Waals surface area contributed by atoms with Crippen LogP contribution in [0.2, 0.25) is 0 Å². The zero-order chi connectivity index (χ0) is 9.97. The van der Waals surface area contributed by atoms with Crippen LogP contribution in [0.5, 0.6) is 0 Å². The summed E-state index contributed by atoms with van der Waals surface area (Å²) in [7, 11) is 1.95. The van der Waals surface area contributed by atoms with E-state index >= 15 is 0 Å². The van der Waals surface area contributed by atoms with Gasteiger partial charge in [-0.3, -0.25) is 0 Å². The first kappa shape index (κ1) is 9.28. The minimum Gasteiger partial charge on any atom is -0.380 e. The lowest BCUT2D eigenvalue weighted by Crippen LogP contribution is -1.79. The van der Waals surface area contributed by atoms with Gasteiger partial charge in [0.05, 0.1) is 5.00 Å². The molecule has 0 aliphatic heterocycles. The van der Waals surface area contributed by atoms with Crippen LogP contribution in [0.1, 0.15) is 5.56 Å². The largest absolute Gasteiger partial charge is 0.380 e. The van der Waals surface area contributed by atoms with Crippen LogP contribution in [0.3, 0.4) is 0 Å². The van der Waals surface area contributed by atoms with Crippen molar-refractivity contribution in [3.63, 3.8) is 0 Å². The molecule has 1 heterocycles. The third-order valence-electron chi connectivity index (χ3n) is 2.19. The van der Waals surface area contributed by atoms with E-state index in [1.807, 2.05) is 7.05 Å². The quantitative estimate of drug-likeness (QED) is 0.783. The Balaban J connectivity index is 2.34. The highest BCUT2D eigenvalue weighted by Gasteiger charge is 2.00. The molecule has 1 N–H and O–H groups in total. The second-order valence-electron chi connectivity index (χ2n) is 3.28. The zero-order valence-corrected chi connectivity index (χ0v) is 9.19. The number of anilines is 1. The SMILES string of the molecule is CNc1ccc(-c2ccc(C)cc2)s1. The summed E-state index contributed by atoms with van der Waals surface area (Å²) < 4.78 is 0. The molecule has 2 aromatic rings. The molecule has 0 atom stereocenters. The third-order valence-corrected chi connectivity index (χ3v) is 3.34. The van der Waals surface area contributed by atoms with Gasteiger partial charge in [-0.05, 0) is 24.6 Å². The third kappa shape index (κ3) is 1.80.